The number of hydrogen-bond donors (Lipinski definition) is 1. The highest BCUT2D eigenvalue weighted by Crippen LogP contribution is 2.29. The summed E-state index contributed by atoms with van der Waals surface area (Å²) < 4.78 is 10.8. The third-order valence-corrected chi connectivity index (χ3v) is 5.90. The summed E-state index contributed by atoms with van der Waals surface area (Å²) in [5.74, 6) is 2.60. The normalized spacial score (nSPS) is 25.2. The van der Waals surface area contributed by atoms with Crippen LogP contribution in [0, 0.1) is 11.8 Å². The molecule has 2 fully saturated rings. The molecule has 2 heterocycles. The zero-order chi connectivity index (χ0) is 18.4. The smallest absolute Gasteiger partial charge is 0.122 e. The Balaban J connectivity index is 1.61. The third-order valence-electron chi connectivity index (χ3n) is 5.90. The molecule has 1 aromatic rings. The molecule has 0 aliphatic carbocycles. The van der Waals surface area contributed by atoms with E-state index >= 15 is 0 Å². The fraction of sp³-hybridized carbons (Fsp3) is 0.714. The maximum Gasteiger partial charge on any atom is 0.122 e. The van der Waals surface area contributed by atoms with E-state index in [2.05, 4.69) is 21.9 Å². The molecule has 146 valence electrons. The van der Waals surface area contributed by atoms with Gasteiger partial charge in [-0.3, -0.25) is 4.90 Å². The molecule has 0 amide bonds. The van der Waals surface area contributed by atoms with Crippen molar-refractivity contribution in [1.29, 1.82) is 0 Å². The van der Waals surface area contributed by atoms with Crippen molar-refractivity contribution in [1.82, 2.24) is 9.80 Å². The average Bonchev–Trinajstić information content (AvgIpc) is 2.86. The molecule has 0 saturated carbocycles. The Morgan fingerprint density at radius 1 is 0.885 bits per heavy atom. The lowest BCUT2D eigenvalue weighted by Gasteiger charge is -2.26. The molecule has 2 saturated heterocycles. The van der Waals surface area contributed by atoms with Gasteiger partial charge < -0.3 is 19.5 Å². The number of methoxy groups -OCH3 is 2. The minimum Gasteiger partial charge on any atom is -0.497 e. The van der Waals surface area contributed by atoms with Gasteiger partial charge in [0.1, 0.15) is 11.5 Å². The standard InChI is InChI=1S/C21H34N2O3/c1-25-20-9-17(10-21(11-20)26-2)12-23-14-18(19(15-23)16-24)13-22-7-5-3-4-6-8-22/h9-11,18-19,24H,3-8,12-16H2,1-2H3/t18-,19-/m1/s1. The van der Waals surface area contributed by atoms with Crippen LogP contribution in [0.15, 0.2) is 18.2 Å². The molecule has 5 heteroatoms. The Labute approximate surface area is 157 Å². The zero-order valence-electron chi connectivity index (χ0n) is 16.3. The van der Waals surface area contributed by atoms with Crippen LogP contribution in [0.25, 0.3) is 0 Å². The molecule has 0 spiro atoms. The largest absolute Gasteiger partial charge is 0.497 e. The first kappa shape index (κ1) is 19.5. The second-order valence-electron chi connectivity index (χ2n) is 7.83. The predicted octanol–water partition coefficient (Wildman–Crippen LogP) is 2.62. The van der Waals surface area contributed by atoms with Gasteiger partial charge in [0.2, 0.25) is 0 Å². The first-order chi connectivity index (χ1) is 12.7. The molecule has 1 aromatic carbocycles. The van der Waals surface area contributed by atoms with Gasteiger partial charge in [-0.15, -0.1) is 0 Å². The highest BCUT2D eigenvalue weighted by atomic mass is 16.5. The topological polar surface area (TPSA) is 45.2 Å². The lowest BCUT2D eigenvalue weighted by Crippen LogP contribution is -2.34. The fourth-order valence-electron chi connectivity index (χ4n) is 4.44. The summed E-state index contributed by atoms with van der Waals surface area (Å²) in [6.45, 7) is 6.76. The van der Waals surface area contributed by atoms with Crippen molar-refractivity contribution in [3.05, 3.63) is 23.8 Å². The van der Waals surface area contributed by atoms with Gasteiger partial charge in [-0.1, -0.05) is 12.8 Å². The molecule has 5 nitrogen and oxygen atoms in total. The third kappa shape index (κ3) is 5.12. The van der Waals surface area contributed by atoms with E-state index < -0.39 is 0 Å². The lowest BCUT2D eigenvalue weighted by molar-refractivity contribution is 0.165. The number of nitrogens with zero attached hydrogens (tertiary/aromatic N) is 2. The molecular formula is C21H34N2O3. The van der Waals surface area contributed by atoms with Crippen LogP contribution < -0.4 is 9.47 Å². The molecule has 0 unspecified atom stereocenters. The van der Waals surface area contributed by atoms with Crippen molar-refractivity contribution in [2.24, 2.45) is 11.8 Å². The second-order valence-corrected chi connectivity index (χ2v) is 7.83. The van der Waals surface area contributed by atoms with Crippen LogP contribution in [-0.2, 0) is 6.54 Å². The number of ether oxygens (including phenoxy) is 2. The van der Waals surface area contributed by atoms with Crippen molar-refractivity contribution in [3.63, 3.8) is 0 Å². The summed E-state index contributed by atoms with van der Waals surface area (Å²) in [5.41, 5.74) is 1.20. The molecule has 0 aromatic heterocycles. The predicted molar refractivity (Wildman–Crippen MR) is 104 cm³/mol. The number of hydrogen-bond acceptors (Lipinski definition) is 5. The van der Waals surface area contributed by atoms with E-state index in [0.717, 1.165) is 37.7 Å². The number of rotatable bonds is 7. The van der Waals surface area contributed by atoms with E-state index in [0.29, 0.717) is 11.8 Å². The van der Waals surface area contributed by atoms with Crippen LogP contribution in [0.5, 0.6) is 11.5 Å². The first-order valence-corrected chi connectivity index (χ1v) is 9.99. The Morgan fingerprint density at radius 2 is 1.50 bits per heavy atom. The Morgan fingerprint density at radius 3 is 2.08 bits per heavy atom. The highest BCUT2D eigenvalue weighted by molar-refractivity contribution is 5.38. The van der Waals surface area contributed by atoms with Crippen molar-refractivity contribution in [2.75, 3.05) is 53.6 Å². The van der Waals surface area contributed by atoms with Gasteiger partial charge in [-0.25, -0.2) is 0 Å². The first-order valence-electron chi connectivity index (χ1n) is 9.99. The van der Waals surface area contributed by atoms with Gasteiger partial charge in [0.15, 0.2) is 0 Å². The number of benzene rings is 1. The molecule has 2 aliphatic heterocycles. The summed E-state index contributed by atoms with van der Waals surface area (Å²) in [5, 5.41) is 9.88. The molecule has 2 aliphatic rings. The summed E-state index contributed by atoms with van der Waals surface area (Å²) >= 11 is 0. The van der Waals surface area contributed by atoms with E-state index in [4.69, 9.17) is 9.47 Å². The maximum atomic E-state index is 9.88. The van der Waals surface area contributed by atoms with E-state index in [1.54, 1.807) is 14.2 Å². The molecule has 1 N–H and O–H groups in total. The van der Waals surface area contributed by atoms with E-state index in [9.17, 15) is 5.11 Å². The Hall–Kier alpha value is -1.30. The van der Waals surface area contributed by atoms with Crippen LogP contribution >= 0.6 is 0 Å². The van der Waals surface area contributed by atoms with Crippen LogP contribution in [0.4, 0.5) is 0 Å². The number of likely N-dealkylation sites (tertiary alicyclic amines) is 2. The average molecular weight is 363 g/mol. The quantitative estimate of drug-likeness (QED) is 0.808. The highest BCUT2D eigenvalue weighted by Gasteiger charge is 2.33. The Kier molecular flexibility index (Phi) is 7.17. The van der Waals surface area contributed by atoms with Gasteiger partial charge >= 0.3 is 0 Å². The van der Waals surface area contributed by atoms with E-state index in [-0.39, 0.29) is 6.61 Å². The van der Waals surface area contributed by atoms with E-state index in [1.807, 2.05) is 6.07 Å². The molecule has 3 rings (SSSR count). The van der Waals surface area contributed by atoms with Crippen molar-refractivity contribution < 1.29 is 14.6 Å². The fourth-order valence-corrected chi connectivity index (χ4v) is 4.44. The van der Waals surface area contributed by atoms with Crippen molar-refractivity contribution in [2.45, 2.75) is 32.2 Å². The second kappa shape index (κ2) is 9.58. The number of aliphatic hydroxyl groups is 1. The van der Waals surface area contributed by atoms with Crippen LogP contribution in [0.3, 0.4) is 0 Å². The molecular weight excluding hydrogens is 328 g/mol. The number of aliphatic hydroxyl groups excluding tert-OH is 1. The van der Waals surface area contributed by atoms with E-state index in [1.165, 1.54) is 44.3 Å². The summed E-state index contributed by atoms with van der Waals surface area (Å²) in [6, 6.07) is 6.07. The monoisotopic (exact) mass is 362 g/mol. The minimum atomic E-state index is 0.288. The molecule has 0 bridgehead atoms. The van der Waals surface area contributed by atoms with Crippen LogP contribution in [-0.4, -0.2) is 68.5 Å². The van der Waals surface area contributed by atoms with Gasteiger partial charge in [0.05, 0.1) is 14.2 Å². The van der Waals surface area contributed by atoms with Gasteiger partial charge in [-0.05, 0) is 55.5 Å². The molecule has 2 atom stereocenters. The maximum absolute atomic E-state index is 9.88. The summed E-state index contributed by atoms with van der Waals surface area (Å²) in [4.78, 5) is 5.09. The van der Waals surface area contributed by atoms with Gasteiger partial charge in [0.25, 0.3) is 0 Å². The van der Waals surface area contributed by atoms with Crippen LogP contribution in [0.1, 0.15) is 31.2 Å². The Bertz CT molecular complexity index is 536. The molecule has 0 radical (unpaired) electrons. The minimum absolute atomic E-state index is 0.288. The van der Waals surface area contributed by atoms with Crippen LogP contribution in [0.2, 0.25) is 0 Å². The van der Waals surface area contributed by atoms with Gasteiger partial charge in [-0.2, -0.15) is 0 Å². The summed E-state index contributed by atoms with van der Waals surface area (Å²) in [7, 11) is 3.38. The summed E-state index contributed by atoms with van der Waals surface area (Å²) in [6.07, 6.45) is 5.39. The van der Waals surface area contributed by atoms with Crippen molar-refractivity contribution in [3.8, 4) is 11.5 Å². The van der Waals surface area contributed by atoms with Crippen molar-refractivity contribution >= 4 is 0 Å². The molecule has 26 heavy (non-hydrogen) atoms. The zero-order valence-corrected chi connectivity index (χ0v) is 16.3. The SMILES string of the molecule is COc1cc(CN2C[C@@H](CN3CCCCCC3)[C@@H](CO)C2)cc(OC)c1. The van der Waals surface area contributed by atoms with Gasteiger partial charge in [0, 0.05) is 38.9 Å². The lowest BCUT2D eigenvalue weighted by atomic mass is 9.96.